The van der Waals surface area contributed by atoms with Crippen molar-refractivity contribution in [3.63, 3.8) is 0 Å². The molecule has 0 aromatic heterocycles. The summed E-state index contributed by atoms with van der Waals surface area (Å²) in [5.74, 6) is 1.13. The largest absolute Gasteiger partial charge is 0.401 e. The molecule has 23 heavy (non-hydrogen) atoms. The van der Waals surface area contributed by atoms with Crippen LogP contribution in [0.4, 0.5) is 13.2 Å². The molecule has 7 heteroatoms. The van der Waals surface area contributed by atoms with Crippen LogP contribution < -0.4 is 5.32 Å². The summed E-state index contributed by atoms with van der Waals surface area (Å²) in [4.78, 5) is 8.46. The number of nitrogens with one attached hydrogen (secondary N) is 1. The minimum Gasteiger partial charge on any atom is -0.357 e. The number of hydrogen-bond donors (Lipinski definition) is 1. The van der Waals surface area contributed by atoms with Gasteiger partial charge in [0.1, 0.15) is 0 Å². The van der Waals surface area contributed by atoms with Gasteiger partial charge in [0.15, 0.2) is 5.96 Å². The zero-order chi connectivity index (χ0) is 17.1. The number of alkyl halides is 3. The van der Waals surface area contributed by atoms with Crippen LogP contribution in [-0.4, -0.2) is 67.7 Å². The maximum Gasteiger partial charge on any atom is 0.401 e. The zero-order valence-electron chi connectivity index (χ0n) is 14.4. The van der Waals surface area contributed by atoms with Crippen LogP contribution in [0.1, 0.15) is 33.6 Å². The Bertz CT molecular complexity index is 420. The zero-order valence-corrected chi connectivity index (χ0v) is 14.4. The summed E-state index contributed by atoms with van der Waals surface area (Å²) >= 11 is 0. The first-order valence-electron chi connectivity index (χ1n) is 8.51. The van der Waals surface area contributed by atoms with E-state index in [9.17, 15) is 13.2 Å². The van der Waals surface area contributed by atoms with Crippen LogP contribution in [-0.2, 0) is 0 Å². The minimum atomic E-state index is -4.10. The van der Waals surface area contributed by atoms with Gasteiger partial charge in [-0.15, -0.1) is 0 Å². The number of nitrogens with zero attached hydrogens (tertiary/aromatic N) is 3. The molecular formula is C16H29F3N4. The number of likely N-dealkylation sites (tertiary alicyclic amines) is 2. The number of aliphatic imine (C=N–C) groups is 1. The third-order valence-corrected chi connectivity index (χ3v) is 4.58. The Hall–Kier alpha value is -0.980. The summed E-state index contributed by atoms with van der Waals surface area (Å²) in [6.07, 6.45) is -2.17. The Labute approximate surface area is 137 Å². The van der Waals surface area contributed by atoms with Crippen molar-refractivity contribution in [2.75, 3.05) is 45.8 Å². The molecule has 2 fully saturated rings. The summed E-state index contributed by atoms with van der Waals surface area (Å²) in [5, 5.41) is 3.32. The van der Waals surface area contributed by atoms with Crippen LogP contribution in [0, 0.1) is 11.3 Å². The second-order valence-electron chi connectivity index (χ2n) is 7.54. The Morgan fingerprint density at radius 2 is 2.04 bits per heavy atom. The average molecular weight is 334 g/mol. The van der Waals surface area contributed by atoms with Gasteiger partial charge in [-0.25, -0.2) is 0 Å². The molecule has 0 aromatic carbocycles. The fraction of sp³-hybridized carbons (Fsp3) is 0.938. The second kappa shape index (κ2) is 7.28. The van der Waals surface area contributed by atoms with E-state index in [0.717, 1.165) is 38.4 Å². The van der Waals surface area contributed by atoms with Crippen molar-refractivity contribution in [3.8, 4) is 0 Å². The number of guanidine groups is 1. The van der Waals surface area contributed by atoms with Gasteiger partial charge in [0, 0.05) is 32.7 Å². The highest BCUT2D eigenvalue weighted by Gasteiger charge is 2.34. The van der Waals surface area contributed by atoms with Crippen LogP contribution >= 0.6 is 0 Å². The fourth-order valence-corrected chi connectivity index (χ4v) is 3.39. The van der Waals surface area contributed by atoms with Crippen LogP contribution in [0.25, 0.3) is 0 Å². The molecule has 134 valence electrons. The van der Waals surface area contributed by atoms with E-state index in [1.54, 1.807) is 0 Å². The molecule has 1 atom stereocenters. The van der Waals surface area contributed by atoms with Gasteiger partial charge in [-0.05, 0) is 37.6 Å². The van der Waals surface area contributed by atoms with Gasteiger partial charge in [0.2, 0.25) is 0 Å². The monoisotopic (exact) mass is 334 g/mol. The van der Waals surface area contributed by atoms with Crippen molar-refractivity contribution in [3.05, 3.63) is 0 Å². The van der Waals surface area contributed by atoms with Crippen molar-refractivity contribution in [1.82, 2.24) is 15.1 Å². The first-order valence-corrected chi connectivity index (χ1v) is 8.51. The van der Waals surface area contributed by atoms with Crippen molar-refractivity contribution in [2.24, 2.45) is 16.3 Å². The van der Waals surface area contributed by atoms with Crippen LogP contribution in [0.3, 0.4) is 0 Å². The molecule has 0 spiro atoms. The van der Waals surface area contributed by atoms with E-state index >= 15 is 0 Å². The highest BCUT2D eigenvalue weighted by atomic mass is 19.4. The fourth-order valence-electron chi connectivity index (χ4n) is 3.39. The van der Waals surface area contributed by atoms with Crippen molar-refractivity contribution in [2.45, 2.75) is 39.8 Å². The van der Waals surface area contributed by atoms with Gasteiger partial charge >= 0.3 is 6.18 Å². The van der Waals surface area contributed by atoms with E-state index in [1.807, 2.05) is 6.92 Å². The van der Waals surface area contributed by atoms with E-state index < -0.39 is 12.7 Å². The normalized spacial score (nSPS) is 26.1. The third kappa shape index (κ3) is 5.86. The third-order valence-electron chi connectivity index (χ3n) is 4.58. The van der Waals surface area contributed by atoms with Crippen LogP contribution in [0.5, 0.6) is 0 Å². The van der Waals surface area contributed by atoms with Crippen molar-refractivity contribution < 1.29 is 13.2 Å². The van der Waals surface area contributed by atoms with Gasteiger partial charge in [0.25, 0.3) is 0 Å². The molecule has 0 amide bonds. The Kier molecular flexibility index (Phi) is 5.81. The number of hydrogen-bond acceptors (Lipinski definition) is 2. The van der Waals surface area contributed by atoms with Crippen LogP contribution in [0.2, 0.25) is 0 Å². The molecule has 0 aliphatic carbocycles. The van der Waals surface area contributed by atoms with Gasteiger partial charge in [-0.1, -0.05) is 13.8 Å². The molecule has 2 saturated heterocycles. The minimum absolute atomic E-state index is 0.224. The van der Waals surface area contributed by atoms with E-state index in [2.05, 4.69) is 24.1 Å². The van der Waals surface area contributed by atoms with Crippen molar-refractivity contribution >= 4 is 5.96 Å². The molecule has 4 nitrogen and oxygen atoms in total. The Morgan fingerprint density at radius 3 is 2.61 bits per heavy atom. The standard InChI is InChI=1S/C16H29F3N4/c1-4-20-14(23-8-6-15(2,3)11-23)21-9-13-5-7-22(10-13)12-16(17,18)19/h13H,4-12H2,1-3H3,(H,20,21). The number of rotatable bonds is 4. The smallest absolute Gasteiger partial charge is 0.357 e. The quantitative estimate of drug-likeness (QED) is 0.633. The first-order chi connectivity index (χ1) is 10.7. The molecule has 2 rings (SSSR count). The lowest BCUT2D eigenvalue weighted by atomic mass is 9.93. The second-order valence-corrected chi connectivity index (χ2v) is 7.54. The predicted molar refractivity (Wildman–Crippen MR) is 86.6 cm³/mol. The van der Waals surface area contributed by atoms with Crippen LogP contribution in [0.15, 0.2) is 4.99 Å². The van der Waals surface area contributed by atoms with E-state index in [4.69, 9.17) is 4.99 Å². The lowest BCUT2D eigenvalue weighted by Gasteiger charge is -2.24. The molecule has 0 aromatic rings. The molecule has 2 aliphatic heterocycles. The summed E-state index contributed by atoms with van der Waals surface area (Å²) in [6.45, 7) is 10.1. The first kappa shape index (κ1) is 18.4. The van der Waals surface area contributed by atoms with E-state index in [-0.39, 0.29) is 5.92 Å². The molecular weight excluding hydrogens is 305 g/mol. The highest BCUT2D eigenvalue weighted by molar-refractivity contribution is 5.80. The lowest BCUT2D eigenvalue weighted by molar-refractivity contribution is -0.143. The Morgan fingerprint density at radius 1 is 1.30 bits per heavy atom. The predicted octanol–water partition coefficient (Wildman–Crippen LogP) is 2.57. The molecule has 2 heterocycles. The topological polar surface area (TPSA) is 30.9 Å². The molecule has 0 bridgehead atoms. The summed E-state index contributed by atoms with van der Waals surface area (Å²) < 4.78 is 37.3. The van der Waals surface area contributed by atoms with Gasteiger partial charge in [0.05, 0.1) is 6.54 Å². The molecule has 1 unspecified atom stereocenters. The summed E-state index contributed by atoms with van der Waals surface area (Å²) in [6, 6.07) is 0. The SMILES string of the molecule is CCNC(=NCC1CCN(CC(F)(F)F)C1)N1CCC(C)(C)C1. The average Bonchev–Trinajstić information content (AvgIpc) is 2.99. The van der Waals surface area contributed by atoms with Gasteiger partial charge < -0.3 is 10.2 Å². The maximum atomic E-state index is 12.4. The van der Waals surface area contributed by atoms with Gasteiger partial charge in [-0.3, -0.25) is 9.89 Å². The molecule has 0 radical (unpaired) electrons. The number of halogens is 3. The van der Waals surface area contributed by atoms with Crippen molar-refractivity contribution in [1.29, 1.82) is 0 Å². The maximum absolute atomic E-state index is 12.4. The van der Waals surface area contributed by atoms with Gasteiger partial charge in [-0.2, -0.15) is 13.2 Å². The van der Waals surface area contributed by atoms with E-state index in [0.29, 0.717) is 25.0 Å². The highest BCUT2D eigenvalue weighted by Crippen LogP contribution is 2.29. The molecule has 0 saturated carbocycles. The summed E-state index contributed by atoms with van der Waals surface area (Å²) in [7, 11) is 0. The van der Waals surface area contributed by atoms with E-state index in [1.165, 1.54) is 4.90 Å². The lowest BCUT2D eigenvalue weighted by Crippen LogP contribution is -2.41. The molecule has 1 N–H and O–H groups in total. The molecule has 2 aliphatic rings. The Balaban J connectivity index is 1.87. The summed E-state index contributed by atoms with van der Waals surface area (Å²) in [5.41, 5.74) is 0.299.